The largest absolute Gasteiger partial charge is 0.497 e. The quantitative estimate of drug-likeness (QED) is 0.800. The lowest BCUT2D eigenvalue weighted by Crippen LogP contribution is -2.47. The normalized spacial score (nSPS) is 21.1. The van der Waals surface area contributed by atoms with Crippen LogP contribution in [0, 0.1) is 11.8 Å². The Balaban J connectivity index is 1.43. The lowest BCUT2D eigenvalue weighted by atomic mass is 9.87. The number of carbonyl (C=O) groups excluding carboxylic acids is 2. The minimum absolute atomic E-state index is 0.0674. The summed E-state index contributed by atoms with van der Waals surface area (Å²) in [6, 6.07) is 7.92. The van der Waals surface area contributed by atoms with Crippen molar-refractivity contribution in [1.29, 1.82) is 0 Å². The molecule has 1 unspecified atom stereocenters. The molecule has 1 heterocycles. The highest BCUT2D eigenvalue weighted by Gasteiger charge is 2.31. The molecule has 1 saturated heterocycles. The maximum atomic E-state index is 12.6. The summed E-state index contributed by atoms with van der Waals surface area (Å²) < 4.78 is 5.16. The third-order valence-electron chi connectivity index (χ3n) is 5.95. The monoisotopic (exact) mass is 372 g/mol. The van der Waals surface area contributed by atoms with Crippen LogP contribution in [0.25, 0.3) is 0 Å². The van der Waals surface area contributed by atoms with Gasteiger partial charge in [0.2, 0.25) is 11.8 Å². The molecule has 0 aromatic heterocycles. The van der Waals surface area contributed by atoms with Gasteiger partial charge in [0.1, 0.15) is 5.75 Å². The molecule has 5 heteroatoms. The van der Waals surface area contributed by atoms with E-state index in [1.165, 1.54) is 37.7 Å². The molecule has 148 valence electrons. The second-order valence-corrected chi connectivity index (χ2v) is 7.93. The predicted octanol–water partition coefficient (Wildman–Crippen LogP) is 3.17. The van der Waals surface area contributed by atoms with Crippen LogP contribution in [-0.2, 0) is 16.0 Å². The van der Waals surface area contributed by atoms with E-state index in [-0.39, 0.29) is 17.7 Å². The topological polar surface area (TPSA) is 58.6 Å². The van der Waals surface area contributed by atoms with Crippen LogP contribution in [0.1, 0.15) is 50.5 Å². The van der Waals surface area contributed by atoms with Gasteiger partial charge in [0.15, 0.2) is 0 Å². The number of ether oxygens (including phenoxy) is 1. The van der Waals surface area contributed by atoms with Crippen LogP contribution in [0.4, 0.5) is 0 Å². The van der Waals surface area contributed by atoms with Crippen molar-refractivity contribution in [2.24, 2.45) is 11.8 Å². The second-order valence-electron chi connectivity index (χ2n) is 7.93. The third kappa shape index (κ3) is 5.72. The molecular weight excluding hydrogens is 340 g/mol. The summed E-state index contributed by atoms with van der Waals surface area (Å²) in [6.45, 7) is 2.05. The maximum absolute atomic E-state index is 12.6. The van der Waals surface area contributed by atoms with Crippen LogP contribution in [0.5, 0.6) is 5.75 Å². The average molecular weight is 373 g/mol. The van der Waals surface area contributed by atoms with Gasteiger partial charge in [0.05, 0.1) is 13.0 Å². The maximum Gasteiger partial charge on any atom is 0.224 e. The number of rotatable bonds is 7. The molecule has 1 aromatic carbocycles. The SMILES string of the molecule is COc1ccc(CCNC(=O)C2CCC(=O)N(CC3CCCCC3)C2)cc1. The fraction of sp³-hybridized carbons (Fsp3) is 0.636. The standard InChI is InChI=1S/C22H32N2O3/c1-27-20-10-7-17(8-11-20)13-14-23-22(26)19-9-12-21(25)24(16-19)15-18-5-3-2-4-6-18/h7-8,10-11,18-19H,2-6,9,12-16H2,1H3,(H,23,26). The molecule has 1 aliphatic heterocycles. The van der Waals surface area contributed by atoms with Crippen LogP contribution in [0.3, 0.4) is 0 Å². The van der Waals surface area contributed by atoms with E-state index < -0.39 is 0 Å². The summed E-state index contributed by atoms with van der Waals surface area (Å²) >= 11 is 0. The van der Waals surface area contributed by atoms with Crippen LogP contribution in [0.15, 0.2) is 24.3 Å². The van der Waals surface area contributed by atoms with E-state index in [0.29, 0.717) is 31.8 Å². The van der Waals surface area contributed by atoms with Gasteiger partial charge < -0.3 is 15.0 Å². The number of nitrogens with zero attached hydrogens (tertiary/aromatic N) is 1. The minimum Gasteiger partial charge on any atom is -0.497 e. The molecule has 2 aliphatic rings. The zero-order valence-corrected chi connectivity index (χ0v) is 16.4. The van der Waals surface area contributed by atoms with E-state index in [9.17, 15) is 9.59 Å². The number of carbonyl (C=O) groups is 2. The first-order valence-corrected chi connectivity index (χ1v) is 10.3. The van der Waals surface area contributed by atoms with Crippen molar-refractivity contribution in [3.05, 3.63) is 29.8 Å². The zero-order valence-electron chi connectivity index (χ0n) is 16.4. The van der Waals surface area contributed by atoms with E-state index in [2.05, 4.69) is 5.32 Å². The molecule has 1 aromatic rings. The Kier molecular flexibility index (Phi) is 7.13. The molecular formula is C22H32N2O3. The van der Waals surface area contributed by atoms with Crippen LogP contribution < -0.4 is 10.1 Å². The summed E-state index contributed by atoms with van der Waals surface area (Å²) in [4.78, 5) is 26.8. The van der Waals surface area contributed by atoms with Crippen molar-refractivity contribution in [3.8, 4) is 5.75 Å². The third-order valence-corrected chi connectivity index (χ3v) is 5.95. The minimum atomic E-state index is -0.0674. The van der Waals surface area contributed by atoms with Crippen molar-refractivity contribution in [2.75, 3.05) is 26.7 Å². The summed E-state index contributed by atoms with van der Waals surface area (Å²) in [5.41, 5.74) is 1.17. The summed E-state index contributed by atoms with van der Waals surface area (Å²) in [7, 11) is 1.65. The van der Waals surface area contributed by atoms with E-state index in [0.717, 1.165) is 18.7 Å². The Hall–Kier alpha value is -2.04. The number of hydrogen-bond acceptors (Lipinski definition) is 3. The molecule has 0 radical (unpaired) electrons. The number of amides is 2. The highest BCUT2D eigenvalue weighted by Crippen LogP contribution is 2.27. The summed E-state index contributed by atoms with van der Waals surface area (Å²) in [5.74, 6) is 1.71. The fourth-order valence-corrected chi connectivity index (χ4v) is 4.25. The Labute approximate surface area is 162 Å². The molecule has 27 heavy (non-hydrogen) atoms. The average Bonchev–Trinajstić information content (AvgIpc) is 2.71. The van der Waals surface area contributed by atoms with Crippen molar-refractivity contribution >= 4 is 11.8 Å². The Morgan fingerprint density at radius 3 is 2.59 bits per heavy atom. The first-order chi connectivity index (χ1) is 13.2. The number of piperidine rings is 1. The number of hydrogen-bond donors (Lipinski definition) is 1. The second kappa shape index (κ2) is 9.77. The van der Waals surface area contributed by atoms with E-state index in [4.69, 9.17) is 4.74 Å². The molecule has 2 fully saturated rings. The molecule has 0 bridgehead atoms. The van der Waals surface area contributed by atoms with Gasteiger partial charge in [-0.05, 0) is 49.3 Å². The lowest BCUT2D eigenvalue weighted by molar-refractivity contribution is -0.139. The van der Waals surface area contributed by atoms with Crippen LogP contribution in [-0.4, -0.2) is 43.5 Å². The Morgan fingerprint density at radius 1 is 1.15 bits per heavy atom. The number of methoxy groups -OCH3 is 1. The fourth-order valence-electron chi connectivity index (χ4n) is 4.25. The van der Waals surface area contributed by atoms with Crippen LogP contribution in [0.2, 0.25) is 0 Å². The van der Waals surface area contributed by atoms with Crippen molar-refractivity contribution in [3.63, 3.8) is 0 Å². The van der Waals surface area contributed by atoms with Gasteiger partial charge in [-0.2, -0.15) is 0 Å². The summed E-state index contributed by atoms with van der Waals surface area (Å²) in [6.07, 6.45) is 8.31. The van der Waals surface area contributed by atoms with Gasteiger partial charge in [-0.25, -0.2) is 0 Å². The summed E-state index contributed by atoms with van der Waals surface area (Å²) in [5, 5.41) is 3.06. The Bertz CT molecular complexity index is 623. The van der Waals surface area contributed by atoms with Crippen LogP contribution >= 0.6 is 0 Å². The van der Waals surface area contributed by atoms with Gasteiger partial charge in [0.25, 0.3) is 0 Å². The number of benzene rings is 1. The van der Waals surface area contributed by atoms with E-state index in [1.54, 1.807) is 7.11 Å². The van der Waals surface area contributed by atoms with Gasteiger partial charge in [0, 0.05) is 26.1 Å². The van der Waals surface area contributed by atoms with E-state index in [1.807, 2.05) is 29.2 Å². The molecule has 1 saturated carbocycles. The Morgan fingerprint density at radius 2 is 1.89 bits per heavy atom. The molecule has 0 spiro atoms. The highest BCUT2D eigenvalue weighted by atomic mass is 16.5. The van der Waals surface area contributed by atoms with Gasteiger partial charge in [-0.15, -0.1) is 0 Å². The van der Waals surface area contributed by atoms with Gasteiger partial charge in [-0.3, -0.25) is 9.59 Å². The molecule has 5 nitrogen and oxygen atoms in total. The van der Waals surface area contributed by atoms with Gasteiger partial charge in [-0.1, -0.05) is 31.4 Å². The number of nitrogens with one attached hydrogen (secondary N) is 1. The molecule has 2 amide bonds. The first-order valence-electron chi connectivity index (χ1n) is 10.3. The van der Waals surface area contributed by atoms with Crippen molar-refractivity contribution in [2.45, 2.75) is 51.4 Å². The molecule has 3 rings (SSSR count). The smallest absolute Gasteiger partial charge is 0.224 e. The van der Waals surface area contributed by atoms with E-state index >= 15 is 0 Å². The lowest BCUT2D eigenvalue weighted by Gasteiger charge is -2.35. The number of likely N-dealkylation sites (tertiary alicyclic amines) is 1. The molecule has 1 N–H and O–H groups in total. The zero-order chi connectivity index (χ0) is 19.1. The first kappa shape index (κ1) is 19.7. The predicted molar refractivity (Wildman–Crippen MR) is 106 cm³/mol. The van der Waals surface area contributed by atoms with Crippen molar-refractivity contribution in [1.82, 2.24) is 10.2 Å². The highest BCUT2D eigenvalue weighted by molar-refractivity contribution is 5.83. The molecule has 1 atom stereocenters. The van der Waals surface area contributed by atoms with Crippen molar-refractivity contribution < 1.29 is 14.3 Å². The molecule has 1 aliphatic carbocycles. The van der Waals surface area contributed by atoms with Gasteiger partial charge >= 0.3 is 0 Å².